The second-order valence-corrected chi connectivity index (χ2v) is 4.08. The number of methoxy groups -OCH3 is 1. The van der Waals surface area contributed by atoms with Crippen LogP contribution >= 0.6 is 28.1 Å². The van der Waals surface area contributed by atoms with Crippen LogP contribution in [0.15, 0.2) is 21.7 Å². The van der Waals surface area contributed by atoms with E-state index in [1.165, 1.54) is 13.3 Å². The Morgan fingerprint density at radius 1 is 1.69 bits per heavy atom. The predicted octanol–water partition coefficient (Wildman–Crippen LogP) is 1.33. The number of halogens is 1. The number of nitrogens with two attached hydrogens (primary N) is 1. The van der Waals surface area contributed by atoms with Crippen LogP contribution in [0.25, 0.3) is 0 Å². The van der Waals surface area contributed by atoms with E-state index in [9.17, 15) is 5.11 Å². The van der Waals surface area contributed by atoms with E-state index in [2.05, 4.69) is 38.7 Å². The Morgan fingerprint density at radius 3 is 2.94 bits per heavy atom. The second-order valence-electron chi connectivity index (χ2n) is 2.78. The summed E-state index contributed by atoms with van der Waals surface area (Å²) in [4.78, 5) is 0. The number of ether oxygens (including phenoxy) is 1. The lowest BCUT2D eigenvalue weighted by molar-refractivity contribution is 0.411. The van der Waals surface area contributed by atoms with Crippen LogP contribution in [0, 0.1) is 0 Å². The summed E-state index contributed by atoms with van der Waals surface area (Å²) in [5.41, 5.74) is 8.06. The van der Waals surface area contributed by atoms with E-state index in [4.69, 9.17) is 10.5 Å². The van der Waals surface area contributed by atoms with Gasteiger partial charge in [-0.05, 0) is 40.3 Å². The molecule has 0 saturated carbocycles. The zero-order valence-corrected chi connectivity index (χ0v) is 10.8. The van der Waals surface area contributed by atoms with Gasteiger partial charge in [0.15, 0.2) is 5.11 Å². The molecule has 0 saturated heterocycles. The normalized spacial score (nSPS) is 10.4. The number of hydrogen-bond donors (Lipinski definition) is 3. The fraction of sp³-hybridized carbons (Fsp3) is 0.111. The molecule has 16 heavy (non-hydrogen) atoms. The van der Waals surface area contributed by atoms with E-state index >= 15 is 0 Å². The quantitative estimate of drug-likeness (QED) is 0.446. The van der Waals surface area contributed by atoms with Gasteiger partial charge in [0, 0.05) is 5.56 Å². The van der Waals surface area contributed by atoms with Gasteiger partial charge in [0.05, 0.1) is 17.8 Å². The average molecular weight is 304 g/mol. The minimum Gasteiger partial charge on any atom is -0.506 e. The maximum Gasteiger partial charge on any atom is 0.184 e. The van der Waals surface area contributed by atoms with Crippen molar-refractivity contribution in [2.24, 2.45) is 10.8 Å². The van der Waals surface area contributed by atoms with Gasteiger partial charge in [-0.25, -0.2) is 0 Å². The van der Waals surface area contributed by atoms with Crippen molar-refractivity contribution in [3.63, 3.8) is 0 Å². The second kappa shape index (κ2) is 5.66. The lowest BCUT2D eigenvalue weighted by Crippen LogP contribution is -2.24. The Balaban J connectivity index is 2.98. The van der Waals surface area contributed by atoms with Crippen molar-refractivity contribution < 1.29 is 9.84 Å². The molecule has 0 amide bonds. The number of phenolic OH excluding ortho intramolecular Hbond substituents is 1. The number of aromatic hydroxyl groups is 1. The van der Waals surface area contributed by atoms with E-state index in [-0.39, 0.29) is 10.9 Å². The van der Waals surface area contributed by atoms with Crippen molar-refractivity contribution >= 4 is 39.5 Å². The first-order chi connectivity index (χ1) is 7.54. The van der Waals surface area contributed by atoms with E-state index in [1.807, 2.05) is 0 Å². The van der Waals surface area contributed by atoms with Crippen LogP contribution in [0.4, 0.5) is 0 Å². The first-order valence-electron chi connectivity index (χ1n) is 4.19. The van der Waals surface area contributed by atoms with Gasteiger partial charge in [-0.1, -0.05) is 0 Å². The number of benzene rings is 1. The third-order valence-corrected chi connectivity index (χ3v) is 2.38. The van der Waals surface area contributed by atoms with Crippen LogP contribution in [0.2, 0.25) is 0 Å². The molecule has 0 aromatic heterocycles. The molecule has 0 fully saturated rings. The molecule has 86 valence electrons. The number of nitrogens with zero attached hydrogens (tertiary/aromatic N) is 1. The van der Waals surface area contributed by atoms with Crippen LogP contribution in [-0.4, -0.2) is 23.5 Å². The summed E-state index contributed by atoms with van der Waals surface area (Å²) in [5.74, 6) is 0.663. The van der Waals surface area contributed by atoms with Gasteiger partial charge >= 0.3 is 0 Å². The van der Waals surface area contributed by atoms with Crippen molar-refractivity contribution in [1.29, 1.82) is 0 Å². The fourth-order valence-corrected chi connectivity index (χ4v) is 1.48. The minimum absolute atomic E-state index is 0.0534. The molecule has 0 heterocycles. The molecule has 0 bridgehead atoms. The number of thiocarbonyl (C=S) groups is 1. The predicted molar refractivity (Wildman–Crippen MR) is 69.9 cm³/mol. The van der Waals surface area contributed by atoms with Gasteiger partial charge in [0.25, 0.3) is 0 Å². The Morgan fingerprint density at radius 2 is 2.38 bits per heavy atom. The highest BCUT2D eigenvalue weighted by molar-refractivity contribution is 9.10. The Labute approximate surface area is 106 Å². The number of hydrazone groups is 1. The summed E-state index contributed by atoms with van der Waals surface area (Å²) in [6.45, 7) is 0. The van der Waals surface area contributed by atoms with E-state index in [0.29, 0.717) is 15.8 Å². The molecule has 1 aromatic carbocycles. The van der Waals surface area contributed by atoms with Crippen LogP contribution in [-0.2, 0) is 0 Å². The van der Waals surface area contributed by atoms with Crippen molar-refractivity contribution in [3.8, 4) is 11.5 Å². The summed E-state index contributed by atoms with van der Waals surface area (Å²) in [6, 6.07) is 3.28. The Kier molecular flexibility index (Phi) is 4.51. The van der Waals surface area contributed by atoms with Gasteiger partial charge in [0.2, 0.25) is 0 Å². The molecule has 4 N–H and O–H groups in total. The average Bonchev–Trinajstić information content (AvgIpc) is 2.23. The molecular formula is C9H10BrN3O2S. The first kappa shape index (κ1) is 12.7. The monoisotopic (exact) mass is 303 g/mol. The molecule has 0 spiro atoms. The molecule has 0 unspecified atom stereocenters. The summed E-state index contributed by atoms with van der Waals surface area (Å²) < 4.78 is 5.56. The number of hydrogen-bond acceptors (Lipinski definition) is 4. The lowest BCUT2D eigenvalue weighted by atomic mass is 10.2. The Bertz CT molecular complexity index is 437. The van der Waals surface area contributed by atoms with E-state index < -0.39 is 0 Å². The molecule has 0 aliphatic rings. The third kappa shape index (κ3) is 3.35. The molecule has 7 heteroatoms. The SMILES string of the molecule is COc1cc(Br)c(O)c(/C=N\NC(N)=S)c1. The van der Waals surface area contributed by atoms with Gasteiger partial charge in [-0.2, -0.15) is 5.10 Å². The molecule has 1 aromatic rings. The summed E-state index contributed by atoms with van der Waals surface area (Å²) in [7, 11) is 1.53. The maximum absolute atomic E-state index is 9.70. The maximum atomic E-state index is 9.70. The van der Waals surface area contributed by atoms with Crippen LogP contribution in [0.3, 0.4) is 0 Å². The highest BCUT2D eigenvalue weighted by atomic mass is 79.9. The summed E-state index contributed by atoms with van der Waals surface area (Å²) in [6.07, 6.45) is 1.39. The number of phenols is 1. The molecule has 0 aliphatic heterocycles. The topological polar surface area (TPSA) is 79.9 Å². The molecule has 0 aliphatic carbocycles. The molecule has 5 nitrogen and oxygen atoms in total. The number of rotatable bonds is 3. The van der Waals surface area contributed by atoms with Crippen LogP contribution in [0.5, 0.6) is 11.5 Å². The molecular weight excluding hydrogens is 294 g/mol. The lowest BCUT2D eigenvalue weighted by Gasteiger charge is -2.05. The molecule has 1 rings (SSSR count). The van der Waals surface area contributed by atoms with Crippen LogP contribution < -0.4 is 15.9 Å². The van der Waals surface area contributed by atoms with Crippen LogP contribution in [0.1, 0.15) is 5.56 Å². The van der Waals surface area contributed by atoms with Crippen molar-refractivity contribution in [2.45, 2.75) is 0 Å². The summed E-state index contributed by atoms with van der Waals surface area (Å²) >= 11 is 7.77. The van der Waals surface area contributed by atoms with Gasteiger partial charge in [-0.3, -0.25) is 5.43 Å². The fourth-order valence-electron chi connectivity index (χ4n) is 0.976. The third-order valence-electron chi connectivity index (χ3n) is 1.68. The largest absolute Gasteiger partial charge is 0.506 e. The standard InChI is InChI=1S/C9H10BrN3O2S/c1-15-6-2-5(4-12-13-9(11)16)8(14)7(10)3-6/h2-4,14H,1H3,(H3,11,13,16)/b12-4-. The first-order valence-corrected chi connectivity index (χ1v) is 5.39. The zero-order chi connectivity index (χ0) is 12.1. The highest BCUT2D eigenvalue weighted by Crippen LogP contribution is 2.31. The van der Waals surface area contributed by atoms with Gasteiger partial charge < -0.3 is 15.6 Å². The number of nitrogens with one attached hydrogen (secondary N) is 1. The highest BCUT2D eigenvalue weighted by Gasteiger charge is 2.06. The minimum atomic E-state index is 0.0534. The van der Waals surface area contributed by atoms with E-state index in [0.717, 1.165) is 0 Å². The zero-order valence-electron chi connectivity index (χ0n) is 8.40. The smallest absolute Gasteiger partial charge is 0.184 e. The van der Waals surface area contributed by atoms with Gasteiger partial charge in [-0.15, -0.1) is 0 Å². The molecule has 0 radical (unpaired) electrons. The van der Waals surface area contributed by atoms with Crippen molar-refractivity contribution in [3.05, 3.63) is 22.2 Å². The Hall–Kier alpha value is -1.34. The molecule has 0 atom stereocenters. The van der Waals surface area contributed by atoms with Crippen molar-refractivity contribution in [2.75, 3.05) is 7.11 Å². The van der Waals surface area contributed by atoms with E-state index in [1.54, 1.807) is 12.1 Å². The van der Waals surface area contributed by atoms with Crippen molar-refractivity contribution in [1.82, 2.24) is 5.43 Å². The summed E-state index contributed by atoms with van der Waals surface area (Å²) in [5, 5.41) is 13.5. The van der Waals surface area contributed by atoms with Gasteiger partial charge in [0.1, 0.15) is 11.5 Å².